The van der Waals surface area contributed by atoms with Crippen LogP contribution in [-0.2, 0) is 9.59 Å². The quantitative estimate of drug-likeness (QED) is 0.511. The lowest BCUT2D eigenvalue weighted by molar-refractivity contribution is -0.137. The summed E-state index contributed by atoms with van der Waals surface area (Å²) in [5.74, 6) is -1.66. The number of benzene rings is 1. The Morgan fingerprint density at radius 2 is 1.68 bits per heavy atom. The Kier molecular flexibility index (Phi) is 6.68. The normalized spacial score (nSPS) is 13.2. The van der Waals surface area contributed by atoms with Crippen LogP contribution in [-0.4, -0.2) is 45.6 Å². The van der Waals surface area contributed by atoms with Crippen molar-refractivity contribution in [3.63, 3.8) is 0 Å². The average molecular weight is 309 g/mol. The molecule has 1 aromatic carbocycles. The zero-order valence-electron chi connectivity index (χ0n) is 12.2. The molecular formula is C15H19NO6. The molecule has 0 bridgehead atoms. The van der Waals surface area contributed by atoms with Gasteiger partial charge in [-0.05, 0) is 5.56 Å². The number of carboxylic acids is 1. The van der Waals surface area contributed by atoms with Gasteiger partial charge in [0.2, 0.25) is 5.91 Å². The van der Waals surface area contributed by atoms with Crippen LogP contribution in [0.3, 0.4) is 0 Å². The predicted octanol–water partition coefficient (Wildman–Crippen LogP) is 0.264. The summed E-state index contributed by atoms with van der Waals surface area (Å²) in [6, 6.07) is 5.90. The monoisotopic (exact) mass is 309 g/mol. The summed E-state index contributed by atoms with van der Waals surface area (Å²) in [5.41, 5.74) is 0.737. The average Bonchev–Trinajstić information content (AvgIpc) is 2.49. The lowest BCUT2D eigenvalue weighted by Gasteiger charge is -2.18. The van der Waals surface area contributed by atoms with E-state index in [-0.39, 0.29) is 31.1 Å². The van der Waals surface area contributed by atoms with Gasteiger partial charge in [-0.1, -0.05) is 24.3 Å². The first-order valence-electron chi connectivity index (χ1n) is 6.76. The molecule has 0 saturated heterocycles. The number of Topliss-reactive ketones (excluding diaryl/α,β-unsaturated/α-hetero) is 1. The molecule has 0 heterocycles. The van der Waals surface area contributed by atoms with E-state index in [1.54, 1.807) is 0 Å². The third kappa shape index (κ3) is 5.63. The van der Waals surface area contributed by atoms with Crippen molar-refractivity contribution in [1.29, 1.82) is 0 Å². The maximum Gasteiger partial charge on any atom is 0.303 e. The molecule has 0 radical (unpaired) electrons. The molecule has 0 aliphatic rings. The first kappa shape index (κ1) is 17.8. The van der Waals surface area contributed by atoms with Crippen LogP contribution in [0.15, 0.2) is 24.3 Å². The van der Waals surface area contributed by atoms with Gasteiger partial charge in [0.1, 0.15) is 12.2 Å². The molecule has 0 fully saturated rings. The maximum atomic E-state index is 11.7. The molecule has 1 rings (SSSR count). The molecule has 22 heavy (non-hydrogen) atoms. The highest BCUT2D eigenvalue weighted by Gasteiger charge is 2.19. The minimum Gasteiger partial charge on any atom is -0.481 e. The number of carbonyl (C=O) groups is 3. The molecule has 120 valence electrons. The van der Waals surface area contributed by atoms with E-state index in [0.717, 1.165) is 0 Å². The first-order chi connectivity index (χ1) is 10.3. The molecule has 7 nitrogen and oxygen atoms in total. The topological polar surface area (TPSA) is 124 Å². The number of nitrogens with one attached hydrogen (secondary N) is 1. The fraction of sp³-hybridized carbons (Fsp3) is 0.400. The van der Waals surface area contributed by atoms with E-state index in [4.69, 9.17) is 5.11 Å². The molecule has 4 N–H and O–H groups in total. The zero-order valence-corrected chi connectivity index (χ0v) is 12.2. The first-order valence-corrected chi connectivity index (χ1v) is 6.76. The Morgan fingerprint density at radius 1 is 1.09 bits per heavy atom. The van der Waals surface area contributed by atoms with Crippen molar-refractivity contribution in [2.75, 3.05) is 6.54 Å². The number of aliphatic carboxylic acids is 1. The van der Waals surface area contributed by atoms with E-state index in [1.165, 1.54) is 31.2 Å². The van der Waals surface area contributed by atoms with E-state index in [1.807, 2.05) is 0 Å². The molecular weight excluding hydrogens is 290 g/mol. The second kappa shape index (κ2) is 8.26. The summed E-state index contributed by atoms with van der Waals surface area (Å²) >= 11 is 0. The minimum absolute atomic E-state index is 0.0875. The summed E-state index contributed by atoms with van der Waals surface area (Å²) in [5, 5.41) is 30.6. The minimum atomic E-state index is -1.20. The molecule has 0 saturated carbocycles. The maximum absolute atomic E-state index is 11.7. The highest BCUT2D eigenvalue weighted by molar-refractivity contribution is 5.97. The van der Waals surface area contributed by atoms with Crippen LogP contribution in [0.2, 0.25) is 0 Å². The third-order valence-corrected chi connectivity index (χ3v) is 3.06. The fourth-order valence-corrected chi connectivity index (χ4v) is 1.81. The van der Waals surface area contributed by atoms with Crippen LogP contribution in [0.25, 0.3) is 0 Å². The standard InChI is InChI=1S/C15H19NO6/c1-9(17)16-8-13(19)15(22)11-4-2-10(3-5-11)12(18)6-7-14(20)21/h2-5,13,15,19,22H,6-8H2,1H3,(H,16,17)(H,20,21). The van der Waals surface area contributed by atoms with Gasteiger partial charge in [0.25, 0.3) is 0 Å². The molecule has 2 unspecified atom stereocenters. The smallest absolute Gasteiger partial charge is 0.303 e. The Balaban J connectivity index is 2.65. The van der Waals surface area contributed by atoms with Crippen molar-refractivity contribution in [3.05, 3.63) is 35.4 Å². The van der Waals surface area contributed by atoms with Crippen LogP contribution in [0.4, 0.5) is 0 Å². The van der Waals surface area contributed by atoms with Crippen molar-refractivity contribution in [3.8, 4) is 0 Å². The molecule has 0 aliphatic heterocycles. The van der Waals surface area contributed by atoms with E-state index >= 15 is 0 Å². The zero-order chi connectivity index (χ0) is 16.7. The number of hydrogen-bond acceptors (Lipinski definition) is 5. The molecule has 0 spiro atoms. The highest BCUT2D eigenvalue weighted by Crippen LogP contribution is 2.18. The number of carboxylic acid groups (broad SMARTS) is 1. The van der Waals surface area contributed by atoms with E-state index in [0.29, 0.717) is 11.1 Å². The Bertz CT molecular complexity index is 539. The fourth-order valence-electron chi connectivity index (χ4n) is 1.81. The summed E-state index contributed by atoms with van der Waals surface area (Å²) in [6.07, 6.45) is -2.70. The SMILES string of the molecule is CC(=O)NCC(O)C(O)c1ccc(C(=O)CCC(=O)O)cc1. The third-order valence-electron chi connectivity index (χ3n) is 3.06. The van der Waals surface area contributed by atoms with Gasteiger partial charge in [0.05, 0.1) is 6.42 Å². The van der Waals surface area contributed by atoms with Gasteiger partial charge in [-0.2, -0.15) is 0 Å². The van der Waals surface area contributed by atoms with Gasteiger partial charge in [0, 0.05) is 25.5 Å². The number of ketones is 1. The van der Waals surface area contributed by atoms with Crippen LogP contribution < -0.4 is 5.32 Å². The number of carbonyl (C=O) groups excluding carboxylic acids is 2. The Hall–Kier alpha value is -2.25. The molecule has 1 aromatic rings. The Morgan fingerprint density at radius 3 is 2.18 bits per heavy atom. The van der Waals surface area contributed by atoms with Crippen LogP contribution in [0.1, 0.15) is 41.8 Å². The van der Waals surface area contributed by atoms with Gasteiger partial charge in [-0.15, -0.1) is 0 Å². The summed E-state index contributed by atoms with van der Waals surface area (Å²) < 4.78 is 0. The van der Waals surface area contributed by atoms with Gasteiger partial charge in [-0.3, -0.25) is 14.4 Å². The lowest BCUT2D eigenvalue weighted by Crippen LogP contribution is -2.34. The summed E-state index contributed by atoms with van der Waals surface area (Å²) in [6.45, 7) is 1.21. The molecule has 0 aromatic heterocycles. The van der Waals surface area contributed by atoms with Crippen LogP contribution in [0, 0.1) is 0 Å². The predicted molar refractivity (Wildman–Crippen MR) is 77.3 cm³/mol. The second-order valence-electron chi connectivity index (χ2n) is 4.89. The largest absolute Gasteiger partial charge is 0.481 e. The summed E-state index contributed by atoms with van der Waals surface area (Å²) in [7, 11) is 0. The number of aliphatic hydroxyl groups excluding tert-OH is 2. The molecule has 1 amide bonds. The summed E-state index contributed by atoms with van der Waals surface area (Å²) in [4.78, 5) is 32.9. The van der Waals surface area contributed by atoms with E-state index in [9.17, 15) is 24.6 Å². The van der Waals surface area contributed by atoms with Crippen molar-refractivity contribution in [2.45, 2.75) is 32.0 Å². The van der Waals surface area contributed by atoms with E-state index in [2.05, 4.69) is 5.32 Å². The van der Waals surface area contributed by atoms with Crippen molar-refractivity contribution >= 4 is 17.7 Å². The van der Waals surface area contributed by atoms with Crippen molar-refractivity contribution in [1.82, 2.24) is 5.32 Å². The van der Waals surface area contributed by atoms with Gasteiger partial charge in [0.15, 0.2) is 5.78 Å². The Labute approximate surface area is 127 Å². The number of aliphatic hydroxyl groups is 2. The molecule has 0 aliphatic carbocycles. The van der Waals surface area contributed by atoms with Crippen molar-refractivity contribution in [2.24, 2.45) is 0 Å². The van der Waals surface area contributed by atoms with Gasteiger partial charge in [-0.25, -0.2) is 0 Å². The van der Waals surface area contributed by atoms with E-state index < -0.39 is 18.2 Å². The van der Waals surface area contributed by atoms with Crippen molar-refractivity contribution < 1.29 is 29.7 Å². The number of amides is 1. The van der Waals surface area contributed by atoms with Crippen LogP contribution >= 0.6 is 0 Å². The van der Waals surface area contributed by atoms with Gasteiger partial charge >= 0.3 is 5.97 Å². The van der Waals surface area contributed by atoms with Gasteiger partial charge < -0.3 is 20.6 Å². The second-order valence-corrected chi connectivity index (χ2v) is 4.89. The molecule has 2 atom stereocenters. The van der Waals surface area contributed by atoms with Crippen LogP contribution in [0.5, 0.6) is 0 Å². The lowest BCUT2D eigenvalue weighted by atomic mass is 10.00. The molecule has 7 heteroatoms. The number of rotatable bonds is 8. The highest BCUT2D eigenvalue weighted by atomic mass is 16.4. The number of hydrogen-bond donors (Lipinski definition) is 4.